The molecule has 0 radical (unpaired) electrons. The highest BCUT2D eigenvalue weighted by atomic mass is 19.1. The Kier molecular flexibility index (Phi) is 7.88. The molecule has 0 amide bonds. The number of hydrogen-bond donors (Lipinski definition) is 0. The van der Waals surface area contributed by atoms with Crippen LogP contribution in [0.25, 0.3) is 16.5 Å². The molecule has 1 saturated carbocycles. The summed E-state index contributed by atoms with van der Waals surface area (Å²) in [6.45, 7) is 16.5. The predicted molar refractivity (Wildman–Crippen MR) is 177 cm³/mol. The lowest BCUT2D eigenvalue weighted by molar-refractivity contribution is 0.334. The molecule has 8 heteroatoms. The van der Waals surface area contributed by atoms with E-state index in [2.05, 4.69) is 56.7 Å². The van der Waals surface area contributed by atoms with Gasteiger partial charge in [-0.05, 0) is 80.3 Å². The van der Waals surface area contributed by atoms with E-state index in [0.717, 1.165) is 89.5 Å². The van der Waals surface area contributed by atoms with Crippen molar-refractivity contribution in [1.29, 1.82) is 0 Å². The van der Waals surface area contributed by atoms with E-state index in [1.807, 2.05) is 34.1 Å². The van der Waals surface area contributed by atoms with E-state index in [4.69, 9.17) is 10.1 Å². The Labute approximate surface area is 255 Å². The van der Waals surface area contributed by atoms with Crippen LogP contribution in [-0.4, -0.2) is 72.8 Å². The van der Waals surface area contributed by atoms with E-state index in [-0.39, 0.29) is 5.82 Å². The van der Waals surface area contributed by atoms with Gasteiger partial charge in [0.2, 0.25) is 0 Å². The second-order valence-corrected chi connectivity index (χ2v) is 12.4. The number of anilines is 1. The van der Waals surface area contributed by atoms with Gasteiger partial charge < -0.3 is 14.7 Å². The fourth-order valence-corrected chi connectivity index (χ4v) is 6.96. The molecule has 7 nitrogen and oxygen atoms in total. The minimum atomic E-state index is -0.136. The lowest BCUT2D eigenvalue weighted by atomic mass is 9.95. The standard InChI is InChI=1S/C35H44FN7/c1-8-26-28(36)13-12-25-18-22(2)19-30(32(25)26)41-17-14-27(29(20-41)37-4)35(38-5)42-15-9-16-43-31(21-42)33(24-10-11-24)34(39-43)23(3)40(6)7/h12-13,18-19,24H,3,5,8-11,14-17,20-21H2,1-2,4,6-7H3/b35-27+,37-29?. The number of benzene rings is 2. The minimum Gasteiger partial charge on any atom is -0.376 e. The first kappa shape index (κ1) is 29.1. The van der Waals surface area contributed by atoms with Crippen molar-refractivity contribution in [2.75, 3.05) is 45.7 Å². The van der Waals surface area contributed by atoms with Gasteiger partial charge in [-0.2, -0.15) is 5.10 Å². The van der Waals surface area contributed by atoms with Crippen LogP contribution in [0.2, 0.25) is 0 Å². The molecule has 0 spiro atoms. The number of piperidine rings is 1. The third-order valence-corrected chi connectivity index (χ3v) is 9.33. The van der Waals surface area contributed by atoms with Crippen LogP contribution in [0.3, 0.4) is 0 Å². The average Bonchev–Trinajstić information content (AvgIpc) is 3.81. The Hall–Kier alpha value is -3.94. The van der Waals surface area contributed by atoms with E-state index in [9.17, 15) is 4.39 Å². The Morgan fingerprint density at radius 1 is 1.14 bits per heavy atom. The van der Waals surface area contributed by atoms with Gasteiger partial charge in [0.15, 0.2) is 0 Å². The normalized spacial score (nSPS) is 19.4. The van der Waals surface area contributed by atoms with Crippen LogP contribution in [0.1, 0.15) is 66.6 Å². The maximum atomic E-state index is 14.9. The summed E-state index contributed by atoms with van der Waals surface area (Å²) >= 11 is 0. The summed E-state index contributed by atoms with van der Waals surface area (Å²) in [7, 11) is 5.95. The van der Waals surface area contributed by atoms with E-state index >= 15 is 0 Å². The molecule has 3 heterocycles. The molecule has 2 aliphatic heterocycles. The first-order chi connectivity index (χ1) is 20.7. The molecule has 0 atom stereocenters. The van der Waals surface area contributed by atoms with Crippen molar-refractivity contribution in [2.24, 2.45) is 9.98 Å². The molecule has 0 bridgehead atoms. The SMILES string of the molecule is C=N/C(=C1/CCN(c2cc(C)cc3ccc(F)c(CC)c23)CC1=NC)N1CCCn2nc(C(=C)N(C)C)c(C3CC3)c2C1. The van der Waals surface area contributed by atoms with Gasteiger partial charge in [-0.15, -0.1) is 0 Å². The molecule has 3 aromatic rings. The second kappa shape index (κ2) is 11.6. The molecule has 0 unspecified atom stereocenters. The summed E-state index contributed by atoms with van der Waals surface area (Å²) in [5.74, 6) is 1.35. The van der Waals surface area contributed by atoms with Crippen LogP contribution in [-0.2, 0) is 19.5 Å². The van der Waals surface area contributed by atoms with Gasteiger partial charge in [-0.1, -0.05) is 25.6 Å². The summed E-state index contributed by atoms with van der Waals surface area (Å²) in [5.41, 5.74) is 9.87. The molecular formula is C35H44FN7. The molecule has 6 rings (SSSR count). The average molecular weight is 582 g/mol. The van der Waals surface area contributed by atoms with Gasteiger partial charge in [0, 0.05) is 63.0 Å². The zero-order valence-corrected chi connectivity index (χ0v) is 26.4. The number of aliphatic imine (C=N–C) groups is 2. The summed E-state index contributed by atoms with van der Waals surface area (Å²) in [5, 5.41) is 7.18. The zero-order valence-electron chi connectivity index (χ0n) is 26.4. The van der Waals surface area contributed by atoms with E-state index in [0.29, 0.717) is 18.9 Å². The van der Waals surface area contributed by atoms with Crippen molar-refractivity contribution >= 4 is 34.6 Å². The number of halogens is 1. The third kappa shape index (κ3) is 5.25. The van der Waals surface area contributed by atoms with Gasteiger partial charge in [-0.25, -0.2) is 9.38 Å². The van der Waals surface area contributed by atoms with Crippen molar-refractivity contribution in [3.05, 3.63) is 76.1 Å². The van der Waals surface area contributed by atoms with Crippen molar-refractivity contribution in [1.82, 2.24) is 19.6 Å². The minimum absolute atomic E-state index is 0.136. The fourth-order valence-electron chi connectivity index (χ4n) is 6.96. The molecular weight excluding hydrogens is 537 g/mol. The van der Waals surface area contributed by atoms with Gasteiger partial charge in [-0.3, -0.25) is 9.67 Å². The second-order valence-electron chi connectivity index (χ2n) is 12.4. The monoisotopic (exact) mass is 581 g/mol. The number of nitrogens with zero attached hydrogens (tertiary/aromatic N) is 7. The molecule has 1 saturated heterocycles. The van der Waals surface area contributed by atoms with Crippen LogP contribution >= 0.6 is 0 Å². The van der Waals surface area contributed by atoms with Crippen LogP contribution in [0.5, 0.6) is 0 Å². The van der Waals surface area contributed by atoms with Crippen LogP contribution in [0, 0.1) is 12.7 Å². The van der Waals surface area contributed by atoms with Crippen molar-refractivity contribution in [2.45, 2.75) is 65.0 Å². The summed E-state index contributed by atoms with van der Waals surface area (Å²) in [6, 6.07) is 7.86. The highest BCUT2D eigenvalue weighted by molar-refractivity contribution is 6.07. The Morgan fingerprint density at radius 2 is 1.93 bits per heavy atom. The molecule has 2 fully saturated rings. The number of aromatic nitrogens is 2. The van der Waals surface area contributed by atoms with Gasteiger partial charge >= 0.3 is 0 Å². The van der Waals surface area contributed by atoms with Crippen LogP contribution in [0.4, 0.5) is 10.1 Å². The Bertz CT molecular complexity index is 1660. The van der Waals surface area contributed by atoms with E-state index < -0.39 is 0 Å². The predicted octanol–water partition coefficient (Wildman–Crippen LogP) is 6.55. The van der Waals surface area contributed by atoms with Crippen molar-refractivity contribution in [3.63, 3.8) is 0 Å². The summed E-state index contributed by atoms with van der Waals surface area (Å²) in [6.07, 6.45) is 4.83. The maximum absolute atomic E-state index is 14.9. The molecule has 1 aliphatic carbocycles. The molecule has 0 N–H and O–H groups in total. The lowest BCUT2D eigenvalue weighted by Gasteiger charge is -2.35. The first-order valence-corrected chi connectivity index (χ1v) is 15.6. The van der Waals surface area contributed by atoms with Crippen LogP contribution in [0.15, 0.2) is 52.2 Å². The summed E-state index contributed by atoms with van der Waals surface area (Å²) in [4.78, 5) is 16.3. The van der Waals surface area contributed by atoms with E-state index in [1.54, 1.807) is 6.07 Å². The smallest absolute Gasteiger partial charge is 0.133 e. The first-order valence-electron chi connectivity index (χ1n) is 15.6. The highest BCUT2D eigenvalue weighted by Gasteiger charge is 2.36. The molecule has 2 aromatic carbocycles. The van der Waals surface area contributed by atoms with E-state index in [1.165, 1.54) is 29.7 Å². The zero-order chi connectivity index (χ0) is 30.4. The highest BCUT2D eigenvalue weighted by Crippen LogP contribution is 2.46. The van der Waals surface area contributed by atoms with Gasteiger partial charge in [0.25, 0.3) is 0 Å². The number of rotatable bonds is 7. The number of fused-ring (bicyclic) bond motifs is 2. The van der Waals surface area contributed by atoms with Crippen LogP contribution < -0.4 is 4.90 Å². The van der Waals surface area contributed by atoms with Gasteiger partial charge in [0.1, 0.15) is 17.3 Å². The van der Waals surface area contributed by atoms with Crippen molar-refractivity contribution in [3.8, 4) is 0 Å². The van der Waals surface area contributed by atoms with Gasteiger partial charge in [0.05, 0.1) is 30.2 Å². The Balaban J connectivity index is 1.35. The fraction of sp³-hybridized carbons (Fsp3) is 0.457. The molecule has 226 valence electrons. The third-order valence-electron chi connectivity index (χ3n) is 9.33. The number of hydrogen-bond acceptors (Lipinski definition) is 6. The molecule has 1 aromatic heterocycles. The number of aryl methyl sites for hydroxylation is 3. The molecule has 3 aliphatic rings. The topological polar surface area (TPSA) is 52.3 Å². The largest absolute Gasteiger partial charge is 0.376 e. The Morgan fingerprint density at radius 3 is 2.60 bits per heavy atom. The molecule has 43 heavy (non-hydrogen) atoms. The quantitative estimate of drug-likeness (QED) is 0.297. The van der Waals surface area contributed by atoms with Crippen molar-refractivity contribution < 1.29 is 4.39 Å². The maximum Gasteiger partial charge on any atom is 0.133 e. The lowest BCUT2D eigenvalue weighted by Crippen LogP contribution is -2.39. The summed E-state index contributed by atoms with van der Waals surface area (Å²) < 4.78 is 17.2.